The fourth-order valence-electron chi connectivity index (χ4n) is 1.52. The fourth-order valence-corrected chi connectivity index (χ4v) is 1.52. The summed E-state index contributed by atoms with van der Waals surface area (Å²) in [6.45, 7) is 0. The molecule has 7 heteroatoms. The predicted octanol–water partition coefficient (Wildman–Crippen LogP) is -1.41. The Hall–Kier alpha value is -3.09. The van der Waals surface area contributed by atoms with E-state index >= 15 is 0 Å². The van der Waals surface area contributed by atoms with Gasteiger partial charge in [-0.3, -0.25) is 4.79 Å². The highest BCUT2D eigenvalue weighted by Crippen LogP contribution is 2.15. The van der Waals surface area contributed by atoms with Gasteiger partial charge in [-0.05, 0) is 12.1 Å². The van der Waals surface area contributed by atoms with Crippen LogP contribution in [0.25, 0.3) is 11.0 Å². The number of benzene rings is 1. The second kappa shape index (κ2) is 5.27. The zero-order chi connectivity index (χ0) is 14.7. The van der Waals surface area contributed by atoms with Gasteiger partial charge in [-0.1, -0.05) is 12.1 Å². The molecule has 7 nitrogen and oxygen atoms in total. The summed E-state index contributed by atoms with van der Waals surface area (Å²) >= 11 is 0. The summed E-state index contributed by atoms with van der Waals surface area (Å²) < 4.78 is 5.27. The number of carbonyl (C=O) groups excluding carboxylic acids is 2. The van der Waals surface area contributed by atoms with Crippen LogP contribution in [-0.4, -0.2) is 11.9 Å². The van der Waals surface area contributed by atoms with Crippen LogP contribution in [0.5, 0.6) is 0 Å². The lowest BCUT2D eigenvalue weighted by molar-refractivity contribution is -0.312. The maximum atomic E-state index is 11.7. The SMILES string of the molecule is O=C([O-])C(=CNc1cc(=O)c2ccccc2o1)C(=O)[O-]. The van der Waals surface area contributed by atoms with E-state index in [2.05, 4.69) is 5.32 Å². The van der Waals surface area contributed by atoms with Gasteiger partial charge in [0.1, 0.15) is 5.58 Å². The van der Waals surface area contributed by atoms with E-state index in [-0.39, 0.29) is 16.9 Å². The molecule has 0 unspecified atom stereocenters. The highest BCUT2D eigenvalue weighted by atomic mass is 16.4. The third kappa shape index (κ3) is 2.66. The Labute approximate surface area is 111 Å². The van der Waals surface area contributed by atoms with E-state index in [9.17, 15) is 24.6 Å². The monoisotopic (exact) mass is 273 g/mol. The first-order valence-electron chi connectivity index (χ1n) is 5.41. The number of carbonyl (C=O) groups is 2. The minimum atomic E-state index is -1.92. The Morgan fingerprint density at radius 3 is 2.45 bits per heavy atom. The van der Waals surface area contributed by atoms with Gasteiger partial charge in [0, 0.05) is 17.8 Å². The molecule has 0 aliphatic rings. The second-order valence-electron chi connectivity index (χ2n) is 3.75. The van der Waals surface area contributed by atoms with Gasteiger partial charge in [0.15, 0.2) is 5.43 Å². The minimum absolute atomic E-state index is 0.103. The quantitative estimate of drug-likeness (QED) is 0.412. The molecule has 0 atom stereocenters. The first kappa shape index (κ1) is 13.3. The molecule has 102 valence electrons. The van der Waals surface area contributed by atoms with Gasteiger partial charge in [0.2, 0.25) is 5.88 Å². The van der Waals surface area contributed by atoms with Crippen LogP contribution < -0.4 is 21.0 Å². The molecule has 0 amide bonds. The van der Waals surface area contributed by atoms with E-state index in [0.717, 1.165) is 6.07 Å². The fraction of sp³-hybridized carbons (Fsp3) is 0. The van der Waals surface area contributed by atoms with Crippen molar-refractivity contribution in [2.45, 2.75) is 0 Å². The van der Waals surface area contributed by atoms with Crippen LogP contribution in [0, 0.1) is 0 Å². The number of rotatable bonds is 4. The van der Waals surface area contributed by atoms with Crippen molar-refractivity contribution in [1.29, 1.82) is 0 Å². The number of carboxylic acids is 2. The van der Waals surface area contributed by atoms with Crippen molar-refractivity contribution in [2.75, 3.05) is 5.32 Å². The van der Waals surface area contributed by atoms with Crippen LogP contribution in [0.4, 0.5) is 5.88 Å². The highest BCUT2D eigenvalue weighted by Gasteiger charge is 2.04. The van der Waals surface area contributed by atoms with Crippen molar-refractivity contribution < 1.29 is 24.2 Å². The summed E-state index contributed by atoms with van der Waals surface area (Å²) in [5, 5.41) is 23.6. The molecule has 0 aliphatic heterocycles. The molecule has 0 bridgehead atoms. The van der Waals surface area contributed by atoms with Crippen LogP contribution >= 0.6 is 0 Å². The van der Waals surface area contributed by atoms with Gasteiger partial charge in [0.05, 0.1) is 17.3 Å². The van der Waals surface area contributed by atoms with Gasteiger partial charge >= 0.3 is 0 Å². The third-order valence-electron chi connectivity index (χ3n) is 2.43. The Kier molecular flexibility index (Phi) is 3.52. The van der Waals surface area contributed by atoms with Gasteiger partial charge < -0.3 is 29.5 Å². The van der Waals surface area contributed by atoms with Gasteiger partial charge in [-0.15, -0.1) is 0 Å². The number of hydrogen-bond acceptors (Lipinski definition) is 7. The number of para-hydroxylation sites is 1. The lowest BCUT2D eigenvalue weighted by Crippen LogP contribution is -2.36. The molecule has 2 rings (SSSR count). The molecule has 20 heavy (non-hydrogen) atoms. The number of fused-ring (bicyclic) bond motifs is 1. The molecule has 0 saturated heterocycles. The number of carboxylic acid groups (broad SMARTS) is 2. The Morgan fingerprint density at radius 2 is 1.80 bits per heavy atom. The topological polar surface area (TPSA) is 122 Å². The van der Waals surface area contributed by atoms with Crippen molar-refractivity contribution in [1.82, 2.24) is 0 Å². The van der Waals surface area contributed by atoms with Crippen molar-refractivity contribution in [3.05, 3.63) is 52.3 Å². The average molecular weight is 273 g/mol. The normalized spacial score (nSPS) is 10.0. The van der Waals surface area contributed by atoms with Crippen LogP contribution in [0.2, 0.25) is 0 Å². The number of hydrogen-bond donors (Lipinski definition) is 1. The van der Waals surface area contributed by atoms with Crippen LogP contribution in [0.3, 0.4) is 0 Å². The standard InChI is InChI=1S/C13H9NO6/c15-9-5-11(14-6-8(12(16)17)13(18)19)20-10-4-2-1-3-7(9)10/h1-6,14H,(H,16,17)(H,18,19)/p-2. The first-order valence-corrected chi connectivity index (χ1v) is 5.41. The zero-order valence-electron chi connectivity index (χ0n) is 9.91. The van der Waals surface area contributed by atoms with E-state index in [0.29, 0.717) is 11.6 Å². The summed E-state index contributed by atoms with van der Waals surface area (Å²) in [4.78, 5) is 32.8. The summed E-state index contributed by atoms with van der Waals surface area (Å²) in [7, 11) is 0. The molecule has 0 spiro atoms. The molecule has 1 aromatic heterocycles. The van der Waals surface area contributed by atoms with E-state index in [1.54, 1.807) is 24.3 Å². The van der Waals surface area contributed by atoms with Crippen molar-refractivity contribution in [2.24, 2.45) is 0 Å². The summed E-state index contributed by atoms with van der Waals surface area (Å²) in [5.74, 6) is -3.94. The van der Waals surface area contributed by atoms with Gasteiger partial charge in [-0.25, -0.2) is 0 Å². The molecule has 0 aliphatic carbocycles. The van der Waals surface area contributed by atoms with Crippen molar-refractivity contribution in [3.8, 4) is 0 Å². The summed E-state index contributed by atoms with van der Waals surface area (Å²) in [6.07, 6.45) is 0.623. The van der Waals surface area contributed by atoms with E-state index in [4.69, 9.17) is 4.42 Å². The van der Waals surface area contributed by atoms with Gasteiger partial charge in [-0.2, -0.15) is 0 Å². The lowest BCUT2D eigenvalue weighted by atomic mass is 10.2. The smallest absolute Gasteiger partial charge is 0.201 e. The van der Waals surface area contributed by atoms with Crippen LogP contribution in [-0.2, 0) is 9.59 Å². The van der Waals surface area contributed by atoms with Crippen LogP contribution in [0.1, 0.15) is 0 Å². The molecule has 0 radical (unpaired) electrons. The average Bonchev–Trinajstić information content (AvgIpc) is 2.38. The Morgan fingerprint density at radius 1 is 1.15 bits per heavy atom. The van der Waals surface area contributed by atoms with E-state index in [1.165, 1.54) is 0 Å². The molecule has 0 fully saturated rings. The number of anilines is 1. The minimum Gasteiger partial charge on any atom is -0.545 e. The van der Waals surface area contributed by atoms with Crippen LogP contribution in [0.15, 0.2) is 51.3 Å². The summed E-state index contributed by atoms with van der Waals surface area (Å²) in [5.41, 5.74) is -1.17. The summed E-state index contributed by atoms with van der Waals surface area (Å²) in [6, 6.07) is 7.49. The third-order valence-corrected chi connectivity index (χ3v) is 2.43. The lowest BCUT2D eigenvalue weighted by Gasteiger charge is -2.09. The highest BCUT2D eigenvalue weighted by molar-refractivity contribution is 6.10. The first-order chi connectivity index (χ1) is 9.49. The Bertz CT molecular complexity index is 758. The largest absolute Gasteiger partial charge is 0.545 e. The maximum Gasteiger partial charge on any atom is 0.201 e. The van der Waals surface area contributed by atoms with Gasteiger partial charge in [0.25, 0.3) is 0 Å². The van der Waals surface area contributed by atoms with Crippen molar-refractivity contribution >= 4 is 28.8 Å². The van der Waals surface area contributed by atoms with E-state index in [1.807, 2.05) is 0 Å². The maximum absolute atomic E-state index is 11.7. The molecule has 0 saturated carbocycles. The Balaban J connectivity index is 2.40. The molecular weight excluding hydrogens is 266 g/mol. The number of nitrogens with one attached hydrogen (secondary N) is 1. The van der Waals surface area contributed by atoms with Crippen molar-refractivity contribution in [3.63, 3.8) is 0 Å². The van der Waals surface area contributed by atoms with E-state index < -0.39 is 17.5 Å². The second-order valence-corrected chi connectivity index (χ2v) is 3.75. The number of aliphatic carboxylic acids is 2. The zero-order valence-corrected chi connectivity index (χ0v) is 9.91. The molecular formula is C13H7NO6-2. The molecule has 1 N–H and O–H groups in total. The predicted molar refractivity (Wildman–Crippen MR) is 64.2 cm³/mol. The molecule has 1 aromatic carbocycles. The molecule has 2 aromatic rings. The molecule has 1 heterocycles.